The molecule has 0 radical (unpaired) electrons. The first-order valence-corrected chi connectivity index (χ1v) is 9.19. The summed E-state index contributed by atoms with van der Waals surface area (Å²) in [6.45, 7) is 3.62. The Morgan fingerprint density at radius 2 is 1.86 bits per heavy atom. The number of carbonyl (C=O) groups is 2. The lowest BCUT2D eigenvalue weighted by Gasteiger charge is -2.10. The van der Waals surface area contributed by atoms with E-state index in [1.54, 1.807) is 38.1 Å². The molecule has 142 valence electrons. The quantitative estimate of drug-likeness (QED) is 0.561. The molecule has 9 heteroatoms. The number of anilines is 2. The van der Waals surface area contributed by atoms with Crippen LogP contribution < -0.4 is 11.1 Å². The number of benzene rings is 1. The van der Waals surface area contributed by atoms with Gasteiger partial charge in [-0.15, -0.1) is 0 Å². The van der Waals surface area contributed by atoms with E-state index in [1.165, 1.54) is 0 Å². The molecule has 1 heterocycles. The largest absolute Gasteiger partial charge is 0.462 e. The van der Waals surface area contributed by atoms with Gasteiger partial charge in [0, 0.05) is 5.69 Å². The van der Waals surface area contributed by atoms with Crippen molar-refractivity contribution in [3.63, 3.8) is 0 Å². The number of aromatic nitrogens is 1. The Kier molecular flexibility index (Phi) is 6.96. The zero-order valence-electron chi connectivity index (χ0n) is 15.3. The number of hydrogen-bond donors (Lipinski definition) is 2. The van der Waals surface area contributed by atoms with Gasteiger partial charge in [0.2, 0.25) is 5.91 Å². The number of nitrogens with two attached hydrogens (primary N) is 1. The van der Waals surface area contributed by atoms with Gasteiger partial charge in [0.05, 0.1) is 29.1 Å². The molecule has 1 aromatic heterocycles. The van der Waals surface area contributed by atoms with Crippen LogP contribution in [0.15, 0.2) is 29.3 Å². The Morgan fingerprint density at radius 3 is 2.43 bits per heavy atom. The van der Waals surface area contributed by atoms with Crippen molar-refractivity contribution in [2.75, 3.05) is 23.4 Å². The van der Waals surface area contributed by atoms with Crippen molar-refractivity contribution in [2.24, 2.45) is 0 Å². The molecule has 3 N–H and O–H groups in total. The minimum atomic E-state index is -0.431. The number of esters is 1. The molecule has 0 saturated carbocycles. The Hall–Kier alpha value is -3.56. The Labute approximate surface area is 166 Å². The van der Waals surface area contributed by atoms with Gasteiger partial charge in [0.1, 0.15) is 23.0 Å². The Morgan fingerprint density at radius 1 is 1.21 bits per heavy atom. The summed E-state index contributed by atoms with van der Waals surface area (Å²) in [6.07, 6.45) is 0. The van der Waals surface area contributed by atoms with Crippen LogP contribution in [-0.4, -0.2) is 29.2 Å². The molecule has 0 unspecified atom stereocenters. The van der Waals surface area contributed by atoms with E-state index in [0.717, 1.165) is 11.8 Å². The summed E-state index contributed by atoms with van der Waals surface area (Å²) in [5, 5.41) is 21.4. The van der Waals surface area contributed by atoms with Crippen LogP contribution in [0.4, 0.5) is 11.5 Å². The van der Waals surface area contributed by atoms with E-state index < -0.39 is 5.97 Å². The maximum Gasteiger partial charge on any atom is 0.338 e. The molecular formula is C19H17N5O3S. The summed E-state index contributed by atoms with van der Waals surface area (Å²) in [5.74, 6) is -0.733. The average Bonchev–Trinajstić information content (AvgIpc) is 2.67. The first kappa shape index (κ1) is 20.7. The van der Waals surface area contributed by atoms with Gasteiger partial charge in [-0.1, -0.05) is 11.8 Å². The molecule has 0 aliphatic heterocycles. The molecule has 0 spiro atoms. The molecule has 0 aliphatic rings. The van der Waals surface area contributed by atoms with E-state index >= 15 is 0 Å². The Balaban J connectivity index is 2.04. The van der Waals surface area contributed by atoms with Gasteiger partial charge >= 0.3 is 5.97 Å². The number of nitriles is 2. The van der Waals surface area contributed by atoms with Crippen molar-refractivity contribution in [3.8, 4) is 12.1 Å². The number of nitrogens with zero attached hydrogens (tertiary/aromatic N) is 3. The minimum absolute atomic E-state index is 0.00785. The van der Waals surface area contributed by atoms with Crippen LogP contribution in [0.2, 0.25) is 0 Å². The zero-order valence-corrected chi connectivity index (χ0v) is 16.1. The van der Waals surface area contributed by atoms with Crippen molar-refractivity contribution >= 4 is 35.1 Å². The highest BCUT2D eigenvalue weighted by molar-refractivity contribution is 8.00. The average molecular weight is 395 g/mol. The van der Waals surface area contributed by atoms with Gasteiger partial charge in [-0.25, -0.2) is 9.78 Å². The van der Waals surface area contributed by atoms with Crippen LogP contribution in [0.3, 0.4) is 0 Å². The normalized spacial score (nSPS) is 9.86. The number of pyridine rings is 1. The number of ether oxygens (including phenoxy) is 1. The molecule has 2 rings (SSSR count). The number of nitrogens with one attached hydrogen (secondary N) is 1. The molecule has 2 aromatic rings. The van der Waals surface area contributed by atoms with Crippen LogP contribution in [-0.2, 0) is 9.53 Å². The fraction of sp³-hybridized carbons (Fsp3) is 0.211. The summed E-state index contributed by atoms with van der Waals surface area (Å²) in [6, 6.07) is 10.2. The smallest absolute Gasteiger partial charge is 0.338 e. The highest BCUT2D eigenvalue weighted by Crippen LogP contribution is 2.27. The minimum Gasteiger partial charge on any atom is -0.462 e. The fourth-order valence-electron chi connectivity index (χ4n) is 2.31. The van der Waals surface area contributed by atoms with Crippen LogP contribution >= 0.6 is 11.8 Å². The first-order valence-electron chi connectivity index (χ1n) is 8.21. The van der Waals surface area contributed by atoms with E-state index in [2.05, 4.69) is 10.3 Å². The number of nitrogen functional groups attached to an aromatic ring is 1. The van der Waals surface area contributed by atoms with Gasteiger partial charge < -0.3 is 15.8 Å². The monoisotopic (exact) mass is 395 g/mol. The zero-order chi connectivity index (χ0) is 20.7. The van der Waals surface area contributed by atoms with Gasteiger partial charge in [0.15, 0.2) is 0 Å². The molecular weight excluding hydrogens is 378 g/mol. The lowest BCUT2D eigenvalue weighted by atomic mass is 10.1. The lowest BCUT2D eigenvalue weighted by molar-refractivity contribution is -0.113. The lowest BCUT2D eigenvalue weighted by Crippen LogP contribution is -2.15. The number of amides is 1. The molecule has 8 nitrogen and oxygen atoms in total. The summed E-state index contributed by atoms with van der Waals surface area (Å²) in [7, 11) is 0. The number of carbonyl (C=O) groups excluding carboxylic acids is 2. The van der Waals surface area contributed by atoms with Gasteiger partial charge in [-0.3, -0.25) is 4.79 Å². The molecule has 0 bridgehead atoms. The molecule has 0 saturated heterocycles. The molecule has 1 aromatic carbocycles. The van der Waals surface area contributed by atoms with Crippen LogP contribution in [0, 0.1) is 29.6 Å². The van der Waals surface area contributed by atoms with Gasteiger partial charge in [0.25, 0.3) is 0 Å². The van der Waals surface area contributed by atoms with Crippen molar-refractivity contribution in [1.29, 1.82) is 10.5 Å². The predicted octanol–water partition coefficient (Wildman–Crippen LogP) is 2.62. The predicted molar refractivity (Wildman–Crippen MR) is 105 cm³/mol. The second-order valence-electron chi connectivity index (χ2n) is 5.54. The topological polar surface area (TPSA) is 142 Å². The summed E-state index contributed by atoms with van der Waals surface area (Å²) in [4.78, 5) is 27.9. The molecule has 0 aliphatic carbocycles. The summed E-state index contributed by atoms with van der Waals surface area (Å²) in [5.41, 5.74) is 7.48. The van der Waals surface area contributed by atoms with Crippen LogP contribution in [0.1, 0.15) is 34.0 Å². The number of thioether (sulfide) groups is 1. The third kappa shape index (κ3) is 4.78. The second-order valence-corrected chi connectivity index (χ2v) is 6.50. The molecule has 0 fully saturated rings. The fourth-order valence-corrected chi connectivity index (χ4v) is 3.16. The first-order chi connectivity index (χ1) is 13.4. The standard InChI is InChI=1S/C19H17N5O3S/c1-3-27-19(26)12-4-6-13(7-5-12)23-16(25)10-28-18-15(9-21)11(2)14(8-20)17(22)24-18/h4-7H,3,10H2,1-2H3,(H2,22,24)(H,23,25). The third-order valence-electron chi connectivity index (χ3n) is 3.69. The van der Waals surface area contributed by atoms with Crippen molar-refractivity contribution in [2.45, 2.75) is 18.9 Å². The van der Waals surface area contributed by atoms with Gasteiger partial charge in [-0.2, -0.15) is 10.5 Å². The SMILES string of the molecule is CCOC(=O)c1ccc(NC(=O)CSc2nc(N)c(C#N)c(C)c2C#N)cc1. The molecule has 28 heavy (non-hydrogen) atoms. The van der Waals surface area contributed by atoms with E-state index in [-0.39, 0.29) is 35.2 Å². The molecule has 0 atom stereocenters. The van der Waals surface area contributed by atoms with E-state index in [1.807, 2.05) is 12.1 Å². The van der Waals surface area contributed by atoms with Crippen LogP contribution in [0.5, 0.6) is 0 Å². The van der Waals surface area contributed by atoms with Crippen LogP contribution in [0.25, 0.3) is 0 Å². The van der Waals surface area contributed by atoms with Crippen molar-refractivity contribution < 1.29 is 14.3 Å². The van der Waals surface area contributed by atoms with E-state index in [9.17, 15) is 14.9 Å². The maximum atomic E-state index is 12.2. The highest BCUT2D eigenvalue weighted by atomic mass is 32.2. The van der Waals surface area contributed by atoms with Crippen molar-refractivity contribution in [3.05, 3.63) is 46.5 Å². The summed E-state index contributed by atoms with van der Waals surface area (Å²) >= 11 is 1.05. The highest BCUT2D eigenvalue weighted by Gasteiger charge is 2.17. The third-order valence-corrected chi connectivity index (χ3v) is 4.66. The maximum absolute atomic E-state index is 12.2. The Bertz CT molecular complexity index is 991. The number of rotatable bonds is 6. The number of hydrogen-bond acceptors (Lipinski definition) is 8. The summed E-state index contributed by atoms with van der Waals surface area (Å²) < 4.78 is 4.90. The van der Waals surface area contributed by atoms with Gasteiger partial charge in [-0.05, 0) is 43.7 Å². The van der Waals surface area contributed by atoms with E-state index in [0.29, 0.717) is 21.8 Å². The van der Waals surface area contributed by atoms with E-state index in [4.69, 9.17) is 15.7 Å². The second kappa shape index (κ2) is 9.40. The molecule has 1 amide bonds. The van der Waals surface area contributed by atoms with Crippen molar-refractivity contribution in [1.82, 2.24) is 4.98 Å².